The Kier molecular flexibility index (Phi) is 5.13. The van der Waals surface area contributed by atoms with E-state index in [1.54, 1.807) is 23.2 Å². The molecule has 2 aromatic rings. The molecular formula is C19H28N6O2S. The van der Waals surface area contributed by atoms with E-state index >= 15 is 0 Å². The van der Waals surface area contributed by atoms with Gasteiger partial charge in [0.25, 0.3) is 10.0 Å². The molecule has 152 valence electrons. The van der Waals surface area contributed by atoms with Crippen molar-refractivity contribution in [3.8, 4) is 0 Å². The molecule has 2 fully saturated rings. The van der Waals surface area contributed by atoms with E-state index in [0.29, 0.717) is 25.2 Å². The maximum absolute atomic E-state index is 13.0. The monoisotopic (exact) mass is 404 g/mol. The molecule has 0 unspecified atom stereocenters. The zero-order chi connectivity index (χ0) is 19.9. The minimum Gasteiger partial charge on any atom is -0.350 e. The van der Waals surface area contributed by atoms with Gasteiger partial charge in [0.15, 0.2) is 5.03 Å². The maximum atomic E-state index is 13.0. The van der Waals surface area contributed by atoms with E-state index in [4.69, 9.17) is 0 Å². The summed E-state index contributed by atoms with van der Waals surface area (Å²) >= 11 is 0. The lowest BCUT2D eigenvalue weighted by Gasteiger charge is -2.38. The zero-order valence-electron chi connectivity index (χ0n) is 16.7. The Morgan fingerprint density at radius 3 is 2.32 bits per heavy atom. The summed E-state index contributed by atoms with van der Waals surface area (Å²) in [4.78, 5) is 15.2. The van der Waals surface area contributed by atoms with Crippen molar-refractivity contribution >= 4 is 15.8 Å². The highest BCUT2D eigenvalue weighted by atomic mass is 32.2. The third kappa shape index (κ3) is 3.77. The molecule has 0 bridgehead atoms. The van der Waals surface area contributed by atoms with Crippen LogP contribution in [0.25, 0.3) is 0 Å². The van der Waals surface area contributed by atoms with E-state index in [-0.39, 0.29) is 11.1 Å². The first-order valence-electron chi connectivity index (χ1n) is 9.97. The smallest absolute Gasteiger partial charge is 0.262 e. The van der Waals surface area contributed by atoms with Crippen LogP contribution in [0.4, 0.5) is 5.82 Å². The highest BCUT2D eigenvalue weighted by Crippen LogP contribution is 2.36. The van der Waals surface area contributed by atoms with Crippen LogP contribution in [0.3, 0.4) is 0 Å². The van der Waals surface area contributed by atoms with Gasteiger partial charge in [-0.25, -0.2) is 23.4 Å². The molecule has 1 saturated carbocycles. The molecule has 9 heteroatoms. The van der Waals surface area contributed by atoms with Gasteiger partial charge in [0.05, 0.1) is 6.33 Å². The average Bonchev–Trinajstić information content (AvgIpc) is 3.35. The number of aryl methyl sites for hydroxylation is 1. The Bertz CT molecular complexity index is 929. The molecule has 1 saturated heterocycles. The van der Waals surface area contributed by atoms with Crippen molar-refractivity contribution in [1.29, 1.82) is 0 Å². The number of hydrogen-bond donors (Lipinski definition) is 0. The van der Waals surface area contributed by atoms with Gasteiger partial charge in [-0.15, -0.1) is 0 Å². The van der Waals surface area contributed by atoms with E-state index in [2.05, 4.69) is 19.9 Å². The quantitative estimate of drug-likeness (QED) is 0.735. The van der Waals surface area contributed by atoms with Gasteiger partial charge in [0.2, 0.25) is 0 Å². The number of piperidine rings is 1. The molecular weight excluding hydrogens is 376 g/mol. The lowest BCUT2D eigenvalue weighted by Crippen LogP contribution is -2.48. The van der Waals surface area contributed by atoms with Crippen LogP contribution in [0.1, 0.15) is 51.3 Å². The third-order valence-corrected chi connectivity index (χ3v) is 7.37. The predicted octanol–water partition coefficient (Wildman–Crippen LogP) is 2.38. The average molecular weight is 405 g/mol. The first-order valence-corrected chi connectivity index (χ1v) is 11.4. The van der Waals surface area contributed by atoms with Crippen LogP contribution in [0, 0.1) is 6.92 Å². The number of imidazole rings is 1. The molecule has 2 aromatic heterocycles. The number of sulfonamides is 1. The van der Waals surface area contributed by atoms with Crippen molar-refractivity contribution in [3.63, 3.8) is 0 Å². The molecule has 1 aliphatic carbocycles. The molecule has 2 aliphatic rings. The van der Waals surface area contributed by atoms with Crippen molar-refractivity contribution in [3.05, 3.63) is 30.6 Å². The Balaban J connectivity index is 1.47. The lowest BCUT2D eigenvalue weighted by atomic mass is 10.0. The van der Waals surface area contributed by atoms with E-state index in [9.17, 15) is 8.42 Å². The molecule has 0 atom stereocenters. The van der Waals surface area contributed by atoms with Gasteiger partial charge in [-0.05, 0) is 46.5 Å². The lowest BCUT2D eigenvalue weighted by molar-refractivity contribution is 0.307. The van der Waals surface area contributed by atoms with Crippen molar-refractivity contribution in [2.24, 2.45) is 0 Å². The first-order chi connectivity index (χ1) is 13.4. The summed E-state index contributed by atoms with van der Waals surface area (Å²) in [7, 11) is -3.54. The normalized spacial score (nSPS) is 19.3. The number of nitrogens with zero attached hydrogens (tertiary/aromatic N) is 6. The summed E-state index contributed by atoms with van der Waals surface area (Å²) in [6.07, 6.45) is 8.78. The van der Waals surface area contributed by atoms with Crippen LogP contribution in [-0.4, -0.2) is 57.4 Å². The van der Waals surface area contributed by atoms with Crippen molar-refractivity contribution in [2.75, 3.05) is 18.0 Å². The molecule has 28 heavy (non-hydrogen) atoms. The summed E-state index contributed by atoms with van der Waals surface area (Å²) in [6.45, 7) is 7.00. The van der Waals surface area contributed by atoms with Crippen LogP contribution < -0.4 is 4.90 Å². The van der Waals surface area contributed by atoms with Crippen LogP contribution in [0.5, 0.6) is 0 Å². The summed E-state index contributed by atoms with van der Waals surface area (Å²) in [5.41, 5.74) is 0.955. The minimum atomic E-state index is -3.54. The molecule has 4 rings (SSSR count). The van der Waals surface area contributed by atoms with E-state index < -0.39 is 10.0 Å². The maximum Gasteiger partial charge on any atom is 0.262 e. The largest absolute Gasteiger partial charge is 0.350 e. The summed E-state index contributed by atoms with van der Waals surface area (Å²) in [6, 6.07) is 3.04. The Labute approximate surface area is 166 Å². The van der Waals surface area contributed by atoms with Crippen molar-refractivity contribution in [2.45, 2.75) is 69.6 Å². The SMILES string of the molecule is Cc1cc(N(C2CC2)C2CCN(S(=O)(=O)c3cn(C(C)C)cn3)CC2)ncn1. The van der Waals surface area contributed by atoms with E-state index in [1.165, 1.54) is 12.8 Å². The third-order valence-electron chi connectivity index (χ3n) is 5.59. The number of rotatable bonds is 6. The molecule has 0 spiro atoms. The zero-order valence-corrected chi connectivity index (χ0v) is 17.5. The predicted molar refractivity (Wildman–Crippen MR) is 107 cm³/mol. The highest BCUT2D eigenvalue weighted by molar-refractivity contribution is 7.89. The fourth-order valence-corrected chi connectivity index (χ4v) is 5.22. The molecule has 0 aromatic carbocycles. The molecule has 3 heterocycles. The number of aromatic nitrogens is 4. The summed E-state index contributed by atoms with van der Waals surface area (Å²) in [5, 5.41) is 0.144. The number of hydrogen-bond acceptors (Lipinski definition) is 6. The molecule has 0 N–H and O–H groups in total. The second-order valence-electron chi connectivity index (χ2n) is 8.04. The molecule has 0 amide bonds. The van der Waals surface area contributed by atoms with Gasteiger partial charge in [0.1, 0.15) is 12.1 Å². The van der Waals surface area contributed by atoms with Gasteiger partial charge in [-0.3, -0.25) is 0 Å². The Morgan fingerprint density at radius 1 is 1.07 bits per heavy atom. The van der Waals surface area contributed by atoms with Gasteiger partial charge in [-0.1, -0.05) is 0 Å². The molecule has 8 nitrogen and oxygen atoms in total. The highest BCUT2D eigenvalue weighted by Gasteiger charge is 2.39. The molecule has 0 radical (unpaired) electrons. The topological polar surface area (TPSA) is 84.2 Å². The standard InChI is InChI=1S/C19H28N6O2S/c1-14(2)23-11-19(22-13-23)28(26,27)24-8-6-17(7-9-24)25(16-4-5-16)18-10-15(3)20-12-21-18/h10-14,16-17H,4-9H2,1-3H3. The van der Waals surface area contributed by atoms with Crippen LogP contribution in [0.15, 0.2) is 29.9 Å². The van der Waals surface area contributed by atoms with E-state index in [1.807, 2.05) is 31.4 Å². The van der Waals surface area contributed by atoms with Gasteiger partial charge in [-0.2, -0.15) is 4.31 Å². The Morgan fingerprint density at radius 2 is 1.75 bits per heavy atom. The van der Waals surface area contributed by atoms with Crippen LogP contribution in [-0.2, 0) is 10.0 Å². The van der Waals surface area contributed by atoms with E-state index in [0.717, 1.165) is 24.4 Å². The second-order valence-corrected chi connectivity index (χ2v) is 9.93. The van der Waals surface area contributed by atoms with Crippen LogP contribution >= 0.6 is 0 Å². The first kappa shape index (κ1) is 19.3. The van der Waals surface area contributed by atoms with Crippen LogP contribution in [0.2, 0.25) is 0 Å². The van der Waals surface area contributed by atoms with Crippen molar-refractivity contribution in [1.82, 2.24) is 23.8 Å². The summed E-state index contributed by atoms with van der Waals surface area (Å²) in [5.74, 6) is 0.965. The van der Waals surface area contributed by atoms with Crippen molar-refractivity contribution < 1.29 is 8.42 Å². The van der Waals surface area contributed by atoms with Gasteiger partial charge in [0, 0.05) is 49.2 Å². The Hall–Kier alpha value is -2.00. The second kappa shape index (κ2) is 7.44. The number of anilines is 1. The fraction of sp³-hybridized carbons (Fsp3) is 0.632. The fourth-order valence-electron chi connectivity index (χ4n) is 3.83. The van der Waals surface area contributed by atoms with Gasteiger partial charge < -0.3 is 9.47 Å². The minimum absolute atomic E-state index is 0.144. The molecule has 1 aliphatic heterocycles. The van der Waals surface area contributed by atoms with Gasteiger partial charge >= 0.3 is 0 Å². The summed E-state index contributed by atoms with van der Waals surface area (Å²) < 4.78 is 29.4.